The highest BCUT2D eigenvalue weighted by molar-refractivity contribution is 7.89. The summed E-state index contributed by atoms with van der Waals surface area (Å²) in [6, 6.07) is 12.0. The molecule has 6 nitrogen and oxygen atoms in total. The van der Waals surface area contributed by atoms with Crippen LogP contribution in [0, 0.1) is 13.8 Å². The summed E-state index contributed by atoms with van der Waals surface area (Å²) in [5.74, 6) is -0.235. The lowest BCUT2D eigenvalue weighted by atomic mass is 10.0. The summed E-state index contributed by atoms with van der Waals surface area (Å²) in [7, 11) is -3.56. The fraction of sp³-hybridized carbons (Fsp3) is 0.381. The summed E-state index contributed by atoms with van der Waals surface area (Å²) in [6.07, 6.45) is 0. The molecule has 2 aromatic carbocycles. The van der Waals surface area contributed by atoms with Gasteiger partial charge in [-0.25, -0.2) is 8.42 Å². The summed E-state index contributed by atoms with van der Waals surface area (Å²) in [5.41, 5.74) is 3.84. The molecule has 1 fully saturated rings. The predicted molar refractivity (Wildman–Crippen MR) is 108 cm³/mol. The van der Waals surface area contributed by atoms with E-state index in [1.165, 1.54) is 27.6 Å². The standard InChI is InChI=1S/C21H26N2O4S/c1-15-4-5-19(14-16(15)2)17(3)22-21(24)18-6-8-20(9-7-18)28(25,26)23-10-12-27-13-11-23/h4-9,14,17H,10-13H2,1-3H3,(H,22,24). The molecule has 1 aliphatic heterocycles. The SMILES string of the molecule is Cc1ccc(C(C)NC(=O)c2ccc(S(=O)(=O)N3CCOCC3)cc2)cc1C. The number of ether oxygens (including phenoxy) is 1. The van der Waals surface area contributed by atoms with E-state index in [2.05, 4.69) is 18.3 Å². The maximum Gasteiger partial charge on any atom is 0.251 e. The van der Waals surface area contributed by atoms with E-state index in [1.54, 1.807) is 12.1 Å². The number of morpholine rings is 1. The molecule has 0 aromatic heterocycles. The molecular weight excluding hydrogens is 376 g/mol. The van der Waals surface area contributed by atoms with E-state index >= 15 is 0 Å². The number of hydrogen-bond acceptors (Lipinski definition) is 4. The van der Waals surface area contributed by atoms with Crippen molar-refractivity contribution in [2.75, 3.05) is 26.3 Å². The lowest BCUT2D eigenvalue weighted by molar-refractivity contribution is 0.0730. The maximum atomic E-state index is 12.7. The van der Waals surface area contributed by atoms with Crippen molar-refractivity contribution >= 4 is 15.9 Å². The molecule has 1 aliphatic rings. The number of aryl methyl sites for hydroxylation is 2. The molecule has 1 unspecified atom stereocenters. The molecule has 0 radical (unpaired) electrons. The van der Waals surface area contributed by atoms with Gasteiger partial charge in [0, 0.05) is 18.7 Å². The number of hydrogen-bond donors (Lipinski definition) is 1. The van der Waals surface area contributed by atoms with E-state index in [9.17, 15) is 13.2 Å². The second-order valence-electron chi connectivity index (χ2n) is 7.08. The Labute approximate surface area is 166 Å². The fourth-order valence-corrected chi connectivity index (χ4v) is 4.52. The van der Waals surface area contributed by atoms with Crippen LogP contribution >= 0.6 is 0 Å². The van der Waals surface area contributed by atoms with Gasteiger partial charge in [-0.05, 0) is 61.7 Å². The smallest absolute Gasteiger partial charge is 0.251 e. The Bertz CT molecular complexity index is 949. The van der Waals surface area contributed by atoms with Gasteiger partial charge in [0.2, 0.25) is 10.0 Å². The molecule has 0 bridgehead atoms. The van der Waals surface area contributed by atoms with Gasteiger partial charge in [-0.3, -0.25) is 4.79 Å². The van der Waals surface area contributed by atoms with Crippen LogP contribution < -0.4 is 5.32 Å². The lowest BCUT2D eigenvalue weighted by Gasteiger charge is -2.26. The van der Waals surface area contributed by atoms with Crippen molar-refractivity contribution in [1.82, 2.24) is 9.62 Å². The second kappa shape index (κ2) is 8.43. The van der Waals surface area contributed by atoms with Crippen molar-refractivity contribution in [3.63, 3.8) is 0 Å². The molecule has 0 spiro atoms. The highest BCUT2D eigenvalue weighted by atomic mass is 32.2. The molecule has 1 amide bonds. The van der Waals surface area contributed by atoms with E-state index in [4.69, 9.17) is 4.74 Å². The topological polar surface area (TPSA) is 75.7 Å². The van der Waals surface area contributed by atoms with Gasteiger partial charge >= 0.3 is 0 Å². The van der Waals surface area contributed by atoms with Crippen LogP contribution in [-0.4, -0.2) is 44.9 Å². The van der Waals surface area contributed by atoms with E-state index < -0.39 is 10.0 Å². The van der Waals surface area contributed by atoms with Crippen molar-refractivity contribution in [2.24, 2.45) is 0 Å². The third-order valence-electron chi connectivity index (χ3n) is 5.10. The molecule has 3 rings (SSSR count). The van der Waals surface area contributed by atoms with E-state index in [1.807, 2.05) is 26.0 Å². The number of carbonyl (C=O) groups excluding carboxylic acids is 1. The first kappa shape index (κ1) is 20.5. The van der Waals surface area contributed by atoms with Gasteiger partial charge in [-0.2, -0.15) is 4.31 Å². The largest absolute Gasteiger partial charge is 0.379 e. The normalized spacial score (nSPS) is 16.5. The zero-order valence-electron chi connectivity index (χ0n) is 16.4. The number of benzene rings is 2. The van der Waals surface area contributed by atoms with Crippen LogP contribution in [0.3, 0.4) is 0 Å². The predicted octanol–water partition coefficient (Wildman–Crippen LogP) is 2.82. The minimum absolute atomic E-state index is 0.149. The first-order valence-corrected chi connectivity index (χ1v) is 10.8. The zero-order chi connectivity index (χ0) is 20.3. The maximum absolute atomic E-state index is 12.7. The van der Waals surface area contributed by atoms with E-state index in [0.29, 0.717) is 31.9 Å². The molecule has 1 saturated heterocycles. The van der Waals surface area contributed by atoms with Gasteiger partial charge in [0.15, 0.2) is 0 Å². The van der Waals surface area contributed by atoms with Gasteiger partial charge in [0.25, 0.3) is 5.91 Å². The highest BCUT2D eigenvalue weighted by Crippen LogP contribution is 2.20. The molecule has 7 heteroatoms. The van der Waals surface area contributed by atoms with Crippen molar-refractivity contribution in [3.05, 3.63) is 64.7 Å². The van der Waals surface area contributed by atoms with Crippen LogP contribution in [0.4, 0.5) is 0 Å². The molecule has 2 aromatic rings. The van der Waals surface area contributed by atoms with Crippen molar-refractivity contribution in [1.29, 1.82) is 0 Å². The Balaban J connectivity index is 1.70. The van der Waals surface area contributed by atoms with Crippen LogP contribution in [0.5, 0.6) is 0 Å². The summed E-state index contributed by atoms with van der Waals surface area (Å²) in [4.78, 5) is 12.7. The quantitative estimate of drug-likeness (QED) is 0.834. The van der Waals surface area contributed by atoms with Crippen LogP contribution in [-0.2, 0) is 14.8 Å². The number of amides is 1. The Kier molecular flexibility index (Phi) is 6.17. The summed E-state index contributed by atoms with van der Waals surface area (Å²) in [5, 5.41) is 2.97. The number of nitrogens with one attached hydrogen (secondary N) is 1. The Morgan fingerprint density at radius 2 is 1.68 bits per heavy atom. The first-order chi connectivity index (χ1) is 13.3. The monoisotopic (exact) mass is 402 g/mol. The number of rotatable bonds is 5. The molecule has 0 aliphatic carbocycles. The molecular formula is C21H26N2O4S. The number of carbonyl (C=O) groups is 1. The molecule has 1 heterocycles. The average molecular weight is 403 g/mol. The van der Waals surface area contributed by atoms with Crippen molar-refractivity contribution < 1.29 is 17.9 Å². The van der Waals surface area contributed by atoms with Crippen LogP contribution in [0.1, 0.15) is 40.0 Å². The van der Waals surface area contributed by atoms with Crippen LogP contribution in [0.2, 0.25) is 0 Å². The molecule has 0 saturated carbocycles. The Morgan fingerprint density at radius 1 is 1.04 bits per heavy atom. The first-order valence-electron chi connectivity index (χ1n) is 9.35. The minimum atomic E-state index is -3.56. The highest BCUT2D eigenvalue weighted by Gasteiger charge is 2.26. The molecule has 28 heavy (non-hydrogen) atoms. The second-order valence-corrected chi connectivity index (χ2v) is 9.02. The van der Waals surface area contributed by atoms with Gasteiger partial charge in [0.05, 0.1) is 24.2 Å². The van der Waals surface area contributed by atoms with Gasteiger partial charge < -0.3 is 10.1 Å². The molecule has 1 atom stereocenters. The van der Waals surface area contributed by atoms with Gasteiger partial charge in [-0.15, -0.1) is 0 Å². The van der Waals surface area contributed by atoms with Crippen molar-refractivity contribution in [2.45, 2.75) is 31.7 Å². The Morgan fingerprint density at radius 3 is 2.29 bits per heavy atom. The van der Waals surface area contributed by atoms with Gasteiger partial charge in [-0.1, -0.05) is 18.2 Å². The summed E-state index contributed by atoms with van der Waals surface area (Å²) in [6.45, 7) is 7.51. The van der Waals surface area contributed by atoms with Gasteiger partial charge in [0.1, 0.15) is 0 Å². The third-order valence-corrected chi connectivity index (χ3v) is 7.02. The summed E-state index contributed by atoms with van der Waals surface area (Å²) >= 11 is 0. The Hall–Kier alpha value is -2.22. The molecule has 150 valence electrons. The number of sulfonamides is 1. The zero-order valence-corrected chi connectivity index (χ0v) is 17.3. The fourth-order valence-electron chi connectivity index (χ4n) is 3.11. The van der Waals surface area contributed by atoms with Crippen molar-refractivity contribution in [3.8, 4) is 0 Å². The third kappa shape index (κ3) is 4.43. The van der Waals surface area contributed by atoms with E-state index in [0.717, 1.165) is 5.56 Å². The van der Waals surface area contributed by atoms with Crippen LogP contribution in [0.25, 0.3) is 0 Å². The minimum Gasteiger partial charge on any atom is -0.379 e. The number of nitrogens with zero attached hydrogens (tertiary/aromatic N) is 1. The van der Waals surface area contributed by atoms with Crippen LogP contribution in [0.15, 0.2) is 47.4 Å². The average Bonchev–Trinajstić information content (AvgIpc) is 2.70. The summed E-state index contributed by atoms with van der Waals surface area (Å²) < 4.78 is 31.9. The van der Waals surface area contributed by atoms with E-state index in [-0.39, 0.29) is 16.8 Å². The lowest BCUT2D eigenvalue weighted by Crippen LogP contribution is -2.40. The molecule has 1 N–H and O–H groups in total.